The number of amides is 1. The van der Waals surface area contributed by atoms with Crippen LogP contribution in [0.15, 0.2) is 29.2 Å². The topological polar surface area (TPSA) is 98.5 Å². The summed E-state index contributed by atoms with van der Waals surface area (Å²) >= 11 is 1.23. The summed E-state index contributed by atoms with van der Waals surface area (Å²) in [5, 5.41) is 13.1. The number of carbonyl (C=O) groups excluding carboxylic acids is 2. The zero-order valence-corrected chi connectivity index (χ0v) is 15.8. The van der Waals surface area contributed by atoms with Crippen LogP contribution in [0.1, 0.15) is 39.5 Å². The van der Waals surface area contributed by atoms with E-state index in [4.69, 9.17) is 4.74 Å². The standard InChI is InChI=1S/C18H24N2O5S/c1-12-5-3-4-6-16(12)19-17(21)11-25-18(22)13(2)26-15-9-7-14(8-10-15)20(23)24/h7-10,12-13,16H,3-6,11H2,1-2H3,(H,19,21)/t12-,13-,16+/m1/s1. The SMILES string of the molecule is C[C@@H]1CCCC[C@@H]1NC(=O)COC(=O)[C@@H](C)Sc1ccc([N+](=O)[O-])cc1. The van der Waals surface area contributed by atoms with Crippen LogP contribution >= 0.6 is 11.8 Å². The first kappa shape index (κ1) is 20.2. The van der Waals surface area contributed by atoms with Gasteiger partial charge in [-0.05, 0) is 37.8 Å². The Morgan fingerprint density at radius 1 is 1.31 bits per heavy atom. The molecule has 2 rings (SSSR count). The predicted octanol–water partition coefficient (Wildman–Crippen LogP) is 3.31. The maximum Gasteiger partial charge on any atom is 0.319 e. The van der Waals surface area contributed by atoms with Crippen molar-refractivity contribution >= 4 is 29.3 Å². The van der Waals surface area contributed by atoms with E-state index in [1.54, 1.807) is 19.1 Å². The Bertz CT molecular complexity index is 649. The number of non-ortho nitro benzene ring substituents is 1. The summed E-state index contributed by atoms with van der Waals surface area (Å²) in [6.45, 7) is 3.52. The first-order valence-electron chi connectivity index (χ1n) is 8.74. The number of hydrogen-bond acceptors (Lipinski definition) is 6. The maximum atomic E-state index is 12.1. The van der Waals surface area contributed by atoms with Crippen molar-refractivity contribution in [3.63, 3.8) is 0 Å². The fourth-order valence-corrected chi connectivity index (χ4v) is 3.80. The number of thioether (sulfide) groups is 1. The van der Waals surface area contributed by atoms with Crippen molar-refractivity contribution in [2.24, 2.45) is 5.92 Å². The first-order chi connectivity index (χ1) is 12.4. The first-order valence-corrected chi connectivity index (χ1v) is 9.62. The Kier molecular flexibility index (Phi) is 7.44. The Balaban J connectivity index is 1.75. The Hall–Kier alpha value is -2.09. The van der Waals surface area contributed by atoms with Crippen LogP contribution < -0.4 is 5.32 Å². The van der Waals surface area contributed by atoms with Gasteiger partial charge in [0.15, 0.2) is 6.61 Å². The van der Waals surface area contributed by atoms with Crippen LogP contribution in [0.3, 0.4) is 0 Å². The van der Waals surface area contributed by atoms with Gasteiger partial charge in [-0.2, -0.15) is 0 Å². The molecule has 142 valence electrons. The van der Waals surface area contributed by atoms with Crippen molar-refractivity contribution in [1.29, 1.82) is 0 Å². The molecule has 1 N–H and O–H groups in total. The van der Waals surface area contributed by atoms with Crippen molar-refractivity contribution < 1.29 is 19.2 Å². The predicted molar refractivity (Wildman–Crippen MR) is 98.9 cm³/mol. The monoisotopic (exact) mass is 380 g/mol. The fourth-order valence-electron chi connectivity index (χ4n) is 2.93. The normalized spacial score (nSPS) is 20.8. The molecule has 1 fully saturated rings. The summed E-state index contributed by atoms with van der Waals surface area (Å²) in [5.74, 6) is -0.315. The number of carbonyl (C=O) groups is 2. The van der Waals surface area contributed by atoms with Gasteiger partial charge in [-0.1, -0.05) is 19.8 Å². The summed E-state index contributed by atoms with van der Waals surface area (Å²) in [6, 6.07) is 6.10. The van der Waals surface area contributed by atoms with Crippen molar-refractivity contribution in [2.45, 2.75) is 55.7 Å². The molecule has 1 aliphatic rings. The highest BCUT2D eigenvalue weighted by molar-refractivity contribution is 8.00. The quantitative estimate of drug-likeness (QED) is 0.337. The lowest BCUT2D eigenvalue weighted by Crippen LogP contribution is -2.43. The molecule has 0 radical (unpaired) electrons. The lowest BCUT2D eigenvalue weighted by Gasteiger charge is -2.29. The summed E-state index contributed by atoms with van der Waals surface area (Å²) in [6.07, 6.45) is 4.37. The number of nitrogens with one attached hydrogen (secondary N) is 1. The molecule has 0 heterocycles. The average Bonchev–Trinajstić information content (AvgIpc) is 2.62. The third kappa shape index (κ3) is 6.01. The van der Waals surface area contributed by atoms with Crippen LogP contribution in [0.5, 0.6) is 0 Å². The third-order valence-electron chi connectivity index (χ3n) is 4.50. The molecule has 0 aliphatic heterocycles. The van der Waals surface area contributed by atoms with Gasteiger partial charge in [0.2, 0.25) is 0 Å². The molecule has 0 spiro atoms. The van der Waals surface area contributed by atoms with Crippen molar-refractivity contribution in [3.8, 4) is 0 Å². The van der Waals surface area contributed by atoms with Crippen molar-refractivity contribution in [2.75, 3.05) is 6.61 Å². The molecule has 8 heteroatoms. The highest BCUT2D eigenvalue weighted by Crippen LogP contribution is 2.26. The van der Waals surface area contributed by atoms with E-state index in [0.717, 1.165) is 24.2 Å². The Labute approximate surface area is 157 Å². The van der Waals surface area contributed by atoms with Crippen molar-refractivity contribution in [3.05, 3.63) is 34.4 Å². The van der Waals surface area contributed by atoms with Gasteiger partial charge in [0.1, 0.15) is 5.25 Å². The minimum atomic E-state index is -0.516. The number of nitro groups is 1. The molecule has 0 aromatic heterocycles. The summed E-state index contributed by atoms with van der Waals surface area (Å²) < 4.78 is 5.10. The van der Waals surface area contributed by atoms with Gasteiger partial charge in [0.05, 0.1) is 4.92 Å². The van der Waals surface area contributed by atoms with Crippen LogP contribution in [0, 0.1) is 16.0 Å². The second-order valence-electron chi connectivity index (χ2n) is 6.55. The van der Waals surface area contributed by atoms with Gasteiger partial charge in [-0.25, -0.2) is 0 Å². The van der Waals surface area contributed by atoms with Gasteiger partial charge in [-0.15, -0.1) is 11.8 Å². The maximum absolute atomic E-state index is 12.1. The third-order valence-corrected chi connectivity index (χ3v) is 5.59. The number of nitro benzene ring substituents is 1. The van der Waals surface area contributed by atoms with Crippen LogP contribution in [0.4, 0.5) is 5.69 Å². The Morgan fingerprint density at radius 2 is 1.96 bits per heavy atom. The lowest BCUT2D eigenvalue weighted by molar-refractivity contribution is -0.384. The molecule has 3 atom stereocenters. The zero-order valence-electron chi connectivity index (χ0n) is 15.0. The molecule has 0 bridgehead atoms. The van der Waals surface area contributed by atoms with Gasteiger partial charge in [-0.3, -0.25) is 19.7 Å². The summed E-state index contributed by atoms with van der Waals surface area (Å²) in [5.41, 5.74) is -0.00167. The van der Waals surface area contributed by atoms with E-state index in [1.165, 1.54) is 30.3 Å². The number of hydrogen-bond donors (Lipinski definition) is 1. The van der Waals surface area contributed by atoms with Crippen LogP contribution in [-0.4, -0.2) is 34.7 Å². The highest BCUT2D eigenvalue weighted by Gasteiger charge is 2.24. The number of ether oxygens (including phenoxy) is 1. The Morgan fingerprint density at radius 3 is 2.58 bits per heavy atom. The lowest BCUT2D eigenvalue weighted by atomic mass is 9.86. The van der Waals surface area contributed by atoms with E-state index in [0.29, 0.717) is 5.92 Å². The number of benzene rings is 1. The van der Waals surface area contributed by atoms with E-state index in [-0.39, 0.29) is 24.2 Å². The summed E-state index contributed by atoms with van der Waals surface area (Å²) in [4.78, 5) is 34.9. The second kappa shape index (κ2) is 9.56. The van der Waals surface area contributed by atoms with Crippen LogP contribution in [-0.2, 0) is 14.3 Å². The van der Waals surface area contributed by atoms with E-state index in [1.807, 2.05) is 0 Å². The van der Waals surface area contributed by atoms with E-state index in [9.17, 15) is 19.7 Å². The molecule has 26 heavy (non-hydrogen) atoms. The average molecular weight is 380 g/mol. The van der Waals surface area contributed by atoms with E-state index < -0.39 is 16.1 Å². The van der Waals surface area contributed by atoms with Gasteiger partial charge < -0.3 is 10.1 Å². The molecule has 7 nitrogen and oxygen atoms in total. The zero-order chi connectivity index (χ0) is 19.1. The minimum absolute atomic E-state index is 0.00167. The minimum Gasteiger partial charge on any atom is -0.455 e. The summed E-state index contributed by atoms with van der Waals surface area (Å²) in [7, 11) is 0. The fraction of sp³-hybridized carbons (Fsp3) is 0.556. The molecule has 1 aromatic rings. The molecular weight excluding hydrogens is 356 g/mol. The molecule has 1 saturated carbocycles. The van der Waals surface area contributed by atoms with Gasteiger partial charge >= 0.3 is 5.97 Å². The molecule has 1 aliphatic carbocycles. The second-order valence-corrected chi connectivity index (χ2v) is 7.97. The number of rotatable bonds is 7. The van der Waals surface area contributed by atoms with E-state index >= 15 is 0 Å². The van der Waals surface area contributed by atoms with Gasteiger partial charge in [0.25, 0.3) is 11.6 Å². The van der Waals surface area contributed by atoms with Crippen LogP contribution in [0.25, 0.3) is 0 Å². The number of esters is 1. The van der Waals surface area contributed by atoms with Crippen LogP contribution in [0.2, 0.25) is 0 Å². The van der Waals surface area contributed by atoms with Crippen molar-refractivity contribution in [1.82, 2.24) is 5.32 Å². The van der Waals surface area contributed by atoms with Gasteiger partial charge in [0, 0.05) is 23.1 Å². The number of nitrogens with zero attached hydrogens (tertiary/aromatic N) is 1. The molecule has 0 unspecified atom stereocenters. The largest absolute Gasteiger partial charge is 0.455 e. The molecular formula is C18H24N2O5S. The molecule has 1 aromatic carbocycles. The molecule has 1 amide bonds. The molecule has 0 saturated heterocycles. The highest BCUT2D eigenvalue weighted by atomic mass is 32.2. The smallest absolute Gasteiger partial charge is 0.319 e. The van der Waals surface area contributed by atoms with E-state index in [2.05, 4.69) is 12.2 Å².